The zero-order valence-electron chi connectivity index (χ0n) is 20.4. The van der Waals surface area contributed by atoms with Crippen LogP contribution in [0.5, 0.6) is 0 Å². The number of ether oxygens (including phenoxy) is 1. The Morgan fingerprint density at radius 2 is 1.80 bits per heavy atom. The van der Waals surface area contributed by atoms with Crippen LogP contribution < -0.4 is 17.0 Å². The maximum Gasteiger partial charge on any atom is 0.490 e. The van der Waals surface area contributed by atoms with Crippen molar-refractivity contribution in [1.29, 1.82) is 0 Å². The highest BCUT2D eigenvalue weighted by Crippen LogP contribution is 2.66. The number of amidine groups is 1. The molecule has 1 saturated heterocycles. The van der Waals surface area contributed by atoms with Crippen LogP contribution in [0.3, 0.4) is 0 Å². The predicted molar refractivity (Wildman–Crippen MR) is 140 cm³/mol. The fraction of sp³-hybridized carbons (Fsp3) is 0.588. The number of nitrogens with zero attached hydrogens (tertiary/aromatic N) is 2. The lowest BCUT2D eigenvalue weighted by molar-refractivity contribution is -0.0542. The van der Waals surface area contributed by atoms with E-state index in [2.05, 4.69) is 30.8 Å². The third kappa shape index (κ3) is 11.1. The minimum atomic E-state index is -5.78. The number of phosphoric ester groups is 1. The van der Waals surface area contributed by atoms with Gasteiger partial charge in [-0.2, -0.15) is 21.3 Å². The highest BCUT2D eigenvalue weighted by Gasteiger charge is 2.46. The molecule has 1 aliphatic heterocycles. The van der Waals surface area contributed by atoms with E-state index in [0.29, 0.717) is 12.3 Å². The SMILES string of the molecule is NC(CCCCS)=NCC=Cc1cn(C2OC(COP(=O)(O)OP(=O)(O)OP(=O)(O)O)C(O)C2O)c(=O)[nH]c1=O. The van der Waals surface area contributed by atoms with Crippen LogP contribution in [0.25, 0.3) is 6.08 Å². The summed E-state index contributed by atoms with van der Waals surface area (Å²) in [5.41, 5.74) is 3.89. The predicted octanol–water partition coefficient (Wildman–Crippen LogP) is -1.03. The van der Waals surface area contributed by atoms with E-state index in [1.165, 1.54) is 12.2 Å². The molecule has 228 valence electrons. The molecule has 2 heterocycles. The smallest absolute Gasteiger partial charge is 0.387 e. The van der Waals surface area contributed by atoms with Gasteiger partial charge in [-0.15, -0.1) is 0 Å². The number of aromatic amines is 1. The molecule has 2 rings (SSSR count). The second kappa shape index (κ2) is 14.6. The number of aliphatic imine (C=N–C) groups is 1. The Hall–Kier alpha value is -1.47. The van der Waals surface area contributed by atoms with Crippen molar-refractivity contribution in [3.63, 3.8) is 0 Å². The second-order valence-corrected chi connectivity index (χ2v) is 13.0. The van der Waals surface area contributed by atoms with Gasteiger partial charge in [0.15, 0.2) is 6.23 Å². The molecule has 19 nitrogen and oxygen atoms in total. The monoisotopic (exact) mass is 654 g/mol. The minimum absolute atomic E-state index is 0.0644. The first-order valence-corrected chi connectivity index (χ1v) is 16.3. The first kappa shape index (κ1) is 34.7. The van der Waals surface area contributed by atoms with Gasteiger partial charge in [0, 0.05) is 12.6 Å². The first-order chi connectivity index (χ1) is 18.4. The van der Waals surface area contributed by atoms with Crippen molar-refractivity contribution in [3.05, 3.63) is 38.7 Å². The summed E-state index contributed by atoms with van der Waals surface area (Å²) in [5, 5.41) is 20.6. The fourth-order valence-corrected chi connectivity index (χ4v) is 6.48. The molecule has 1 fully saturated rings. The van der Waals surface area contributed by atoms with Gasteiger partial charge in [0.1, 0.15) is 18.3 Å². The first-order valence-electron chi connectivity index (χ1n) is 11.2. The molecule has 0 aromatic carbocycles. The number of thiol groups is 1. The van der Waals surface area contributed by atoms with E-state index in [1.807, 2.05) is 4.98 Å². The van der Waals surface area contributed by atoms with Crippen LogP contribution in [0.4, 0.5) is 0 Å². The molecule has 0 saturated carbocycles. The Kier molecular flexibility index (Phi) is 12.7. The van der Waals surface area contributed by atoms with E-state index in [4.69, 9.17) is 20.3 Å². The number of hydrogen-bond acceptors (Lipinski definition) is 13. The van der Waals surface area contributed by atoms with Crippen molar-refractivity contribution in [2.45, 2.75) is 43.8 Å². The van der Waals surface area contributed by atoms with E-state index >= 15 is 0 Å². The second-order valence-electron chi connectivity index (χ2n) is 8.10. The molecule has 6 unspecified atom stereocenters. The Morgan fingerprint density at radius 3 is 2.42 bits per heavy atom. The number of nitrogens with one attached hydrogen (secondary N) is 1. The number of unbranched alkanes of at least 4 members (excludes halogenated alkanes) is 1. The third-order valence-electron chi connectivity index (χ3n) is 4.96. The van der Waals surface area contributed by atoms with E-state index in [9.17, 15) is 43.3 Å². The van der Waals surface area contributed by atoms with E-state index < -0.39 is 65.9 Å². The van der Waals surface area contributed by atoms with Gasteiger partial charge in [-0.05, 0) is 18.6 Å². The van der Waals surface area contributed by atoms with Crippen molar-refractivity contribution in [1.82, 2.24) is 9.55 Å². The van der Waals surface area contributed by atoms with E-state index in [0.717, 1.165) is 29.4 Å². The highest BCUT2D eigenvalue weighted by atomic mass is 32.1. The van der Waals surface area contributed by atoms with Crippen molar-refractivity contribution in [2.24, 2.45) is 10.7 Å². The minimum Gasteiger partial charge on any atom is -0.387 e. The van der Waals surface area contributed by atoms with Crippen LogP contribution in [0.2, 0.25) is 0 Å². The molecule has 1 aromatic heterocycles. The molecule has 1 aliphatic rings. The number of hydrogen-bond donors (Lipinski definition) is 9. The van der Waals surface area contributed by atoms with Crippen LogP contribution >= 0.6 is 36.1 Å². The summed E-state index contributed by atoms with van der Waals surface area (Å²) in [6, 6.07) is 0. The van der Waals surface area contributed by atoms with Gasteiger partial charge < -0.3 is 40.3 Å². The Bertz CT molecular complexity index is 1340. The molecule has 0 amide bonds. The van der Waals surface area contributed by atoms with Crippen LogP contribution in [0, 0.1) is 0 Å². The van der Waals surface area contributed by atoms with Crippen molar-refractivity contribution in [2.75, 3.05) is 18.9 Å². The molecule has 0 bridgehead atoms. The molecular weight excluding hydrogens is 625 g/mol. The summed E-state index contributed by atoms with van der Waals surface area (Å²) >= 11 is 4.10. The van der Waals surface area contributed by atoms with Gasteiger partial charge >= 0.3 is 29.2 Å². The van der Waals surface area contributed by atoms with Crippen LogP contribution in [0.15, 0.2) is 26.9 Å². The van der Waals surface area contributed by atoms with Gasteiger partial charge in [0.25, 0.3) is 5.56 Å². The molecule has 1 aromatic rings. The maximum atomic E-state index is 12.4. The van der Waals surface area contributed by atoms with Crippen molar-refractivity contribution in [3.8, 4) is 0 Å². The average Bonchev–Trinajstić information content (AvgIpc) is 3.08. The molecule has 0 aliphatic carbocycles. The summed E-state index contributed by atoms with van der Waals surface area (Å²) in [6.45, 7) is -0.966. The lowest BCUT2D eigenvalue weighted by atomic mass is 10.1. The summed E-state index contributed by atoms with van der Waals surface area (Å²) < 4.78 is 51.6. The Balaban J connectivity index is 2.11. The van der Waals surface area contributed by atoms with Crippen LogP contribution in [0.1, 0.15) is 31.1 Å². The molecular formula is C17H29N4O15P3S. The summed E-state index contributed by atoms with van der Waals surface area (Å²) in [5.74, 6) is 1.13. The zero-order chi connectivity index (χ0) is 30.3. The normalized spacial score (nSPS) is 25.2. The number of rotatable bonds is 15. The molecule has 9 N–H and O–H groups in total. The number of phosphoric acid groups is 3. The molecule has 0 spiro atoms. The summed E-state index contributed by atoms with van der Waals surface area (Å²) in [7, 11) is -16.9. The molecule has 6 atom stereocenters. The van der Waals surface area contributed by atoms with Gasteiger partial charge in [-0.25, -0.2) is 18.5 Å². The Labute approximate surface area is 231 Å². The molecule has 0 radical (unpaired) electrons. The number of H-pyrrole nitrogens is 1. The zero-order valence-corrected chi connectivity index (χ0v) is 24.0. The quantitative estimate of drug-likeness (QED) is 0.0359. The van der Waals surface area contributed by atoms with Crippen LogP contribution in [-0.4, -0.2) is 82.4 Å². The van der Waals surface area contributed by atoms with Gasteiger partial charge in [-0.3, -0.25) is 23.9 Å². The fourth-order valence-electron chi connectivity index (χ4n) is 3.22. The Morgan fingerprint density at radius 1 is 1.12 bits per heavy atom. The lowest BCUT2D eigenvalue weighted by Gasteiger charge is -2.19. The van der Waals surface area contributed by atoms with Gasteiger partial charge in [0.05, 0.1) is 24.6 Å². The van der Waals surface area contributed by atoms with E-state index in [-0.39, 0.29) is 12.1 Å². The van der Waals surface area contributed by atoms with Gasteiger partial charge in [0.2, 0.25) is 0 Å². The van der Waals surface area contributed by atoms with Crippen molar-refractivity contribution < 1.29 is 61.4 Å². The summed E-state index contributed by atoms with van der Waals surface area (Å²) in [6.07, 6.45) is -0.887. The third-order valence-corrected chi connectivity index (χ3v) is 9.08. The molecule has 40 heavy (non-hydrogen) atoms. The standard InChI is InChI=1S/C17H29N4O15P3S/c18-12(5-1-2-7-40)19-6-3-4-10-8-21(17(25)20-15(10)24)16-14(23)13(22)11(34-16)9-33-38(29,30)36-39(31,32)35-37(26,27)28/h3-4,8,11,13-14,16,22-23,40H,1-2,5-7,9H2,(H2,18,19)(H,29,30)(H,31,32)(H,20,24,25)(H2,26,27,28). The number of nitrogens with two attached hydrogens (primary N) is 1. The average molecular weight is 654 g/mol. The van der Waals surface area contributed by atoms with Crippen molar-refractivity contribution >= 4 is 48.0 Å². The number of aromatic nitrogens is 2. The summed E-state index contributed by atoms with van der Waals surface area (Å²) in [4.78, 5) is 66.5. The van der Waals surface area contributed by atoms with Gasteiger partial charge in [-0.1, -0.05) is 12.2 Å². The topological polar surface area (TPSA) is 303 Å². The molecule has 23 heteroatoms. The maximum absolute atomic E-state index is 12.4. The van der Waals surface area contributed by atoms with E-state index in [1.54, 1.807) is 0 Å². The van der Waals surface area contributed by atoms with Crippen LogP contribution in [-0.2, 0) is 31.6 Å². The number of aliphatic hydroxyl groups is 2. The highest BCUT2D eigenvalue weighted by molar-refractivity contribution is 7.80. The number of aliphatic hydroxyl groups excluding tert-OH is 2. The lowest BCUT2D eigenvalue weighted by Crippen LogP contribution is -2.38. The largest absolute Gasteiger partial charge is 0.490 e.